The van der Waals surface area contributed by atoms with E-state index in [1.165, 1.54) is 7.11 Å². The number of methoxy groups -OCH3 is 1. The topological polar surface area (TPSA) is 73.2 Å². The van der Waals surface area contributed by atoms with E-state index < -0.39 is 5.97 Å². The lowest BCUT2D eigenvalue weighted by molar-refractivity contribution is -0.116. The average molecular weight is 323 g/mol. The standard InChI is InChI=1S/C18H17N3O3/c1-12-19-15-8-3-4-9-16(15)21(12)11-17(22)20-14-7-5-6-13(10-14)18(23)24-2/h3-10H,11H2,1-2H3,(H,20,22). The summed E-state index contributed by atoms with van der Waals surface area (Å²) in [4.78, 5) is 28.3. The zero-order chi connectivity index (χ0) is 17.1. The summed E-state index contributed by atoms with van der Waals surface area (Å²) in [6.07, 6.45) is 0. The van der Waals surface area contributed by atoms with E-state index in [9.17, 15) is 9.59 Å². The second kappa shape index (κ2) is 6.54. The van der Waals surface area contributed by atoms with E-state index in [1.807, 2.05) is 35.8 Å². The number of aryl methyl sites for hydroxylation is 1. The van der Waals surface area contributed by atoms with Crippen molar-refractivity contribution in [3.05, 3.63) is 59.9 Å². The number of hydrogen-bond acceptors (Lipinski definition) is 4. The maximum Gasteiger partial charge on any atom is 0.337 e. The fraction of sp³-hybridized carbons (Fsp3) is 0.167. The van der Waals surface area contributed by atoms with Gasteiger partial charge in [0.1, 0.15) is 12.4 Å². The van der Waals surface area contributed by atoms with Gasteiger partial charge in [-0.25, -0.2) is 9.78 Å². The van der Waals surface area contributed by atoms with Crippen LogP contribution in [-0.4, -0.2) is 28.5 Å². The van der Waals surface area contributed by atoms with Gasteiger partial charge in [0.15, 0.2) is 0 Å². The molecule has 0 aliphatic rings. The molecule has 0 aliphatic heterocycles. The van der Waals surface area contributed by atoms with Crippen molar-refractivity contribution in [1.29, 1.82) is 0 Å². The van der Waals surface area contributed by atoms with Crippen molar-refractivity contribution in [2.75, 3.05) is 12.4 Å². The quantitative estimate of drug-likeness (QED) is 0.749. The van der Waals surface area contributed by atoms with E-state index in [1.54, 1.807) is 24.3 Å². The fourth-order valence-corrected chi connectivity index (χ4v) is 2.58. The van der Waals surface area contributed by atoms with Crippen LogP contribution in [-0.2, 0) is 16.1 Å². The number of nitrogens with one attached hydrogen (secondary N) is 1. The van der Waals surface area contributed by atoms with Gasteiger partial charge in [-0.2, -0.15) is 0 Å². The molecular weight excluding hydrogens is 306 g/mol. The van der Waals surface area contributed by atoms with Crippen molar-refractivity contribution in [1.82, 2.24) is 9.55 Å². The zero-order valence-corrected chi connectivity index (χ0v) is 13.4. The normalized spacial score (nSPS) is 10.6. The van der Waals surface area contributed by atoms with Gasteiger partial charge in [-0.15, -0.1) is 0 Å². The van der Waals surface area contributed by atoms with Crippen LogP contribution in [0.25, 0.3) is 11.0 Å². The SMILES string of the molecule is COC(=O)c1cccc(NC(=O)Cn2c(C)nc3ccccc32)c1. The lowest BCUT2D eigenvalue weighted by Gasteiger charge is -2.09. The second-order valence-electron chi connectivity index (χ2n) is 5.35. The first kappa shape index (κ1) is 15.7. The molecule has 1 amide bonds. The van der Waals surface area contributed by atoms with E-state index >= 15 is 0 Å². The summed E-state index contributed by atoms with van der Waals surface area (Å²) in [5, 5.41) is 2.80. The largest absolute Gasteiger partial charge is 0.465 e. The maximum atomic E-state index is 12.4. The molecule has 2 aromatic carbocycles. The van der Waals surface area contributed by atoms with Crippen molar-refractivity contribution in [3.63, 3.8) is 0 Å². The summed E-state index contributed by atoms with van der Waals surface area (Å²) < 4.78 is 6.54. The summed E-state index contributed by atoms with van der Waals surface area (Å²) in [6.45, 7) is 2.01. The number of carbonyl (C=O) groups is 2. The summed E-state index contributed by atoms with van der Waals surface area (Å²) >= 11 is 0. The second-order valence-corrected chi connectivity index (χ2v) is 5.35. The van der Waals surface area contributed by atoms with Gasteiger partial charge < -0.3 is 14.6 Å². The highest BCUT2D eigenvalue weighted by Crippen LogP contribution is 2.16. The zero-order valence-electron chi connectivity index (χ0n) is 13.4. The highest BCUT2D eigenvalue weighted by Gasteiger charge is 2.12. The van der Waals surface area contributed by atoms with Crippen LogP contribution in [0, 0.1) is 6.92 Å². The van der Waals surface area contributed by atoms with Crippen LogP contribution in [0.15, 0.2) is 48.5 Å². The molecule has 122 valence electrons. The van der Waals surface area contributed by atoms with Crippen molar-refractivity contribution in [2.45, 2.75) is 13.5 Å². The van der Waals surface area contributed by atoms with Crippen LogP contribution >= 0.6 is 0 Å². The molecule has 0 aliphatic carbocycles. The van der Waals surface area contributed by atoms with Gasteiger partial charge >= 0.3 is 5.97 Å². The van der Waals surface area contributed by atoms with Crippen molar-refractivity contribution < 1.29 is 14.3 Å². The summed E-state index contributed by atoms with van der Waals surface area (Å²) in [5.74, 6) is 0.139. The van der Waals surface area contributed by atoms with Crippen molar-refractivity contribution in [2.24, 2.45) is 0 Å². The number of ether oxygens (including phenoxy) is 1. The molecule has 0 unspecified atom stereocenters. The molecule has 1 heterocycles. The number of rotatable bonds is 4. The lowest BCUT2D eigenvalue weighted by atomic mass is 10.2. The van der Waals surface area contributed by atoms with Gasteiger partial charge in [0.25, 0.3) is 0 Å². The Morgan fingerprint density at radius 1 is 1.17 bits per heavy atom. The number of imidazole rings is 1. The predicted molar refractivity (Wildman–Crippen MR) is 90.9 cm³/mol. The van der Waals surface area contributed by atoms with E-state index in [0.717, 1.165) is 16.9 Å². The van der Waals surface area contributed by atoms with Gasteiger partial charge in [-0.3, -0.25) is 4.79 Å². The molecule has 3 aromatic rings. The van der Waals surface area contributed by atoms with Gasteiger partial charge in [0.2, 0.25) is 5.91 Å². The Morgan fingerprint density at radius 2 is 1.96 bits per heavy atom. The summed E-state index contributed by atoms with van der Waals surface area (Å²) in [7, 11) is 1.32. The van der Waals surface area contributed by atoms with E-state index in [4.69, 9.17) is 0 Å². The maximum absolute atomic E-state index is 12.4. The number of esters is 1. The molecule has 0 radical (unpaired) electrons. The molecule has 0 bridgehead atoms. The Kier molecular flexibility index (Phi) is 4.29. The number of fused-ring (bicyclic) bond motifs is 1. The molecule has 0 saturated heterocycles. The van der Waals surface area contributed by atoms with Crippen LogP contribution in [0.5, 0.6) is 0 Å². The van der Waals surface area contributed by atoms with Crippen LogP contribution < -0.4 is 5.32 Å². The van der Waals surface area contributed by atoms with Crippen LogP contribution in [0.1, 0.15) is 16.2 Å². The number of para-hydroxylation sites is 2. The number of aromatic nitrogens is 2. The number of benzene rings is 2. The first-order valence-corrected chi connectivity index (χ1v) is 7.48. The summed E-state index contributed by atoms with van der Waals surface area (Å²) in [5.41, 5.74) is 2.70. The number of nitrogens with zero attached hydrogens (tertiary/aromatic N) is 2. The first-order chi connectivity index (χ1) is 11.6. The molecule has 24 heavy (non-hydrogen) atoms. The number of amides is 1. The first-order valence-electron chi connectivity index (χ1n) is 7.48. The molecule has 3 rings (SSSR count). The van der Waals surface area contributed by atoms with E-state index in [-0.39, 0.29) is 12.5 Å². The van der Waals surface area contributed by atoms with Gasteiger partial charge in [0.05, 0.1) is 23.7 Å². The Labute approximate surface area is 139 Å². The molecule has 6 heteroatoms. The van der Waals surface area contributed by atoms with Crippen LogP contribution in [0.4, 0.5) is 5.69 Å². The third kappa shape index (κ3) is 3.12. The molecule has 0 fully saturated rings. The molecule has 0 spiro atoms. The highest BCUT2D eigenvalue weighted by molar-refractivity contribution is 5.95. The van der Waals surface area contributed by atoms with E-state index in [0.29, 0.717) is 11.3 Å². The molecule has 0 saturated carbocycles. The number of hydrogen-bond donors (Lipinski definition) is 1. The number of anilines is 1. The summed E-state index contributed by atoms with van der Waals surface area (Å²) in [6, 6.07) is 14.3. The monoisotopic (exact) mass is 323 g/mol. The van der Waals surface area contributed by atoms with Gasteiger partial charge in [0, 0.05) is 5.69 Å². The van der Waals surface area contributed by atoms with Crippen molar-refractivity contribution >= 4 is 28.6 Å². The average Bonchev–Trinajstić information content (AvgIpc) is 2.90. The third-order valence-corrected chi connectivity index (χ3v) is 3.71. The molecule has 6 nitrogen and oxygen atoms in total. The Bertz CT molecular complexity index is 915. The predicted octanol–water partition coefficient (Wildman–Crippen LogP) is 2.77. The van der Waals surface area contributed by atoms with Crippen LogP contribution in [0.3, 0.4) is 0 Å². The van der Waals surface area contributed by atoms with Crippen molar-refractivity contribution in [3.8, 4) is 0 Å². The minimum atomic E-state index is -0.442. The van der Waals surface area contributed by atoms with Gasteiger partial charge in [-0.1, -0.05) is 18.2 Å². The van der Waals surface area contributed by atoms with E-state index in [2.05, 4.69) is 15.0 Å². The smallest absolute Gasteiger partial charge is 0.337 e. The minimum absolute atomic E-state index is 0.148. The van der Waals surface area contributed by atoms with Crippen LogP contribution in [0.2, 0.25) is 0 Å². The molecule has 1 N–H and O–H groups in total. The van der Waals surface area contributed by atoms with Gasteiger partial charge in [-0.05, 0) is 37.3 Å². The minimum Gasteiger partial charge on any atom is -0.465 e. The highest BCUT2D eigenvalue weighted by atomic mass is 16.5. The fourth-order valence-electron chi connectivity index (χ4n) is 2.58. The number of carbonyl (C=O) groups excluding carboxylic acids is 2. The molecule has 1 aromatic heterocycles. The Morgan fingerprint density at radius 3 is 2.75 bits per heavy atom. The Hall–Kier alpha value is -3.15. The Balaban J connectivity index is 1.78. The molecule has 0 atom stereocenters. The lowest BCUT2D eigenvalue weighted by Crippen LogP contribution is -2.19. The third-order valence-electron chi connectivity index (χ3n) is 3.71. The molecular formula is C18H17N3O3.